The summed E-state index contributed by atoms with van der Waals surface area (Å²) in [6.45, 7) is 3.71. The SMILES string of the molecule is CC=Cc1ccc(C2CCC(c3ccc(OCC)c(F)c3F)CC2)c(F)c1F. The fraction of sp³-hybridized carbons (Fsp3) is 0.391. The molecule has 1 saturated carbocycles. The lowest BCUT2D eigenvalue weighted by Crippen LogP contribution is -2.15. The van der Waals surface area contributed by atoms with E-state index in [2.05, 4.69) is 0 Å². The van der Waals surface area contributed by atoms with Crippen LogP contribution in [-0.2, 0) is 0 Å². The van der Waals surface area contributed by atoms with E-state index in [4.69, 9.17) is 4.74 Å². The molecule has 0 saturated heterocycles. The lowest BCUT2D eigenvalue weighted by Gasteiger charge is -2.30. The Labute approximate surface area is 163 Å². The highest BCUT2D eigenvalue weighted by Gasteiger charge is 2.29. The lowest BCUT2D eigenvalue weighted by molar-refractivity contribution is 0.310. The van der Waals surface area contributed by atoms with E-state index in [-0.39, 0.29) is 29.8 Å². The van der Waals surface area contributed by atoms with Gasteiger partial charge in [0.25, 0.3) is 0 Å². The highest BCUT2D eigenvalue weighted by molar-refractivity contribution is 5.51. The maximum atomic E-state index is 14.5. The van der Waals surface area contributed by atoms with Crippen LogP contribution in [0.15, 0.2) is 30.3 Å². The number of benzene rings is 2. The third-order valence-corrected chi connectivity index (χ3v) is 5.47. The smallest absolute Gasteiger partial charge is 0.200 e. The molecular formula is C23H24F4O. The van der Waals surface area contributed by atoms with E-state index in [1.807, 2.05) is 0 Å². The average molecular weight is 392 g/mol. The van der Waals surface area contributed by atoms with Crippen LogP contribution in [0.5, 0.6) is 5.75 Å². The molecule has 150 valence electrons. The zero-order valence-electron chi connectivity index (χ0n) is 16.1. The molecule has 0 spiro atoms. The second-order valence-corrected chi connectivity index (χ2v) is 7.13. The van der Waals surface area contributed by atoms with Crippen LogP contribution >= 0.6 is 0 Å². The quantitative estimate of drug-likeness (QED) is 0.492. The van der Waals surface area contributed by atoms with Crippen LogP contribution in [0.25, 0.3) is 6.08 Å². The fourth-order valence-corrected chi connectivity index (χ4v) is 4.05. The topological polar surface area (TPSA) is 9.23 Å². The number of hydrogen-bond donors (Lipinski definition) is 0. The standard InChI is InChI=1S/C23H24F4O/c1-3-5-16-10-11-17(21(25)20(16)24)14-6-8-15(9-7-14)18-12-13-19(28-4-2)23(27)22(18)26/h3,5,10-15H,4,6-9H2,1-2H3. The first-order valence-corrected chi connectivity index (χ1v) is 9.69. The van der Waals surface area contributed by atoms with E-state index in [1.165, 1.54) is 12.1 Å². The number of halogens is 4. The zero-order chi connectivity index (χ0) is 20.3. The Kier molecular flexibility index (Phi) is 6.42. The first kappa shape index (κ1) is 20.4. The van der Waals surface area contributed by atoms with Crippen LogP contribution in [0.4, 0.5) is 17.6 Å². The summed E-state index contributed by atoms with van der Waals surface area (Å²) in [5, 5.41) is 0. The van der Waals surface area contributed by atoms with Gasteiger partial charge in [0.1, 0.15) is 0 Å². The minimum atomic E-state index is -0.964. The van der Waals surface area contributed by atoms with Gasteiger partial charge in [0.2, 0.25) is 5.82 Å². The Balaban J connectivity index is 1.75. The molecule has 1 aliphatic rings. The number of allylic oxidation sites excluding steroid dienone is 1. The zero-order valence-corrected chi connectivity index (χ0v) is 16.1. The third kappa shape index (κ3) is 3.94. The minimum absolute atomic E-state index is 0.0869. The first-order chi connectivity index (χ1) is 13.5. The molecule has 1 fully saturated rings. The van der Waals surface area contributed by atoms with Crippen LogP contribution in [0.1, 0.15) is 68.1 Å². The summed E-state index contributed by atoms with van der Waals surface area (Å²) in [6, 6.07) is 6.25. The van der Waals surface area contributed by atoms with Crippen LogP contribution in [0, 0.1) is 23.3 Å². The second-order valence-electron chi connectivity index (χ2n) is 7.13. The molecule has 5 heteroatoms. The number of ether oxygens (including phenoxy) is 1. The molecule has 3 rings (SSSR count). The largest absolute Gasteiger partial charge is 0.491 e. The van der Waals surface area contributed by atoms with Gasteiger partial charge in [-0.05, 0) is 68.6 Å². The number of rotatable bonds is 5. The Morgan fingerprint density at radius 3 is 1.89 bits per heavy atom. The number of hydrogen-bond acceptors (Lipinski definition) is 1. The van der Waals surface area contributed by atoms with Gasteiger partial charge in [0.05, 0.1) is 6.61 Å². The van der Waals surface area contributed by atoms with Crippen molar-refractivity contribution >= 4 is 6.08 Å². The molecule has 0 radical (unpaired) electrons. The van der Waals surface area contributed by atoms with E-state index < -0.39 is 23.3 Å². The van der Waals surface area contributed by atoms with Gasteiger partial charge in [-0.15, -0.1) is 0 Å². The van der Waals surface area contributed by atoms with Crippen molar-refractivity contribution < 1.29 is 22.3 Å². The van der Waals surface area contributed by atoms with E-state index in [1.54, 1.807) is 38.1 Å². The molecule has 0 aromatic heterocycles. The van der Waals surface area contributed by atoms with Crippen molar-refractivity contribution in [2.75, 3.05) is 6.61 Å². The summed E-state index contributed by atoms with van der Waals surface area (Å²) in [5.74, 6) is -3.83. The summed E-state index contributed by atoms with van der Waals surface area (Å²) < 4.78 is 62.4. The summed E-state index contributed by atoms with van der Waals surface area (Å²) >= 11 is 0. The van der Waals surface area contributed by atoms with E-state index in [0.29, 0.717) is 36.8 Å². The summed E-state index contributed by atoms with van der Waals surface area (Å²) in [6.07, 6.45) is 5.56. The van der Waals surface area contributed by atoms with Gasteiger partial charge >= 0.3 is 0 Å². The van der Waals surface area contributed by atoms with Gasteiger partial charge in [-0.3, -0.25) is 0 Å². The van der Waals surface area contributed by atoms with Gasteiger partial charge in [-0.2, -0.15) is 4.39 Å². The monoisotopic (exact) mass is 392 g/mol. The van der Waals surface area contributed by atoms with Crippen molar-refractivity contribution in [3.8, 4) is 5.75 Å². The first-order valence-electron chi connectivity index (χ1n) is 9.69. The van der Waals surface area contributed by atoms with Gasteiger partial charge in [0, 0.05) is 5.56 Å². The Morgan fingerprint density at radius 2 is 1.36 bits per heavy atom. The van der Waals surface area contributed by atoms with Gasteiger partial charge in [-0.25, -0.2) is 13.2 Å². The predicted octanol–water partition coefficient (Wildman–Crippen LogP) is 7.12. The summed E-state index contributed by atoms with van der Waals surface area (Å²) in [4.78, 5) is 0. The normalized spacial score (nSPS) is 19.9. The van der Waals surface area contributed by atoms with Crippen LogP contribution in [0.2, 0.25) is 0 Å². The lowest BCUT2D eigenvalue weighted by atomic mass is 9.75. The van der Waals surface area contributed by atoms with Crippen molar-refractivity contribution in [3.05, 3.63) is 70.3 Å². The molecule has 0 amide bonds. The molecule has 0 N–H and O–H groups in total. The second kappa shape index (κ2) is 8.80. The molecule has 0 heterocycles. The average Bonchev–Trinajstić information content (AvgIpc) is 2.70. The Hall–Kier alpha value is -2.30. The van der Waals surface area contributed by atoms with E-state index in [9.17, 15) is 17.6 Å². The molecule has 0 unspecified atom stereocenters. The molecule has 28 heavy (non-hydrogen) atoms. The Morgan fingerprint density at radius 1 is 0.821 bits per heavy atom. The maximum absolute atomic E-state index is 14.5. The summed E-state index contributed by atoms with van der Waals surface area (Å²) in [5.41, 5.74) is 0.918. The minimum Gasteiger partial charge on any atom is -0.491 e. The molecule has 0 aliphatic heterocycles. The van der Waals surface area contributed by atoms with E-state index >= 15 is 0 Å². The van der Waals surface area contributed by atoms with Crippen molar-refractivity contribution in [2.45, 2.75) is 51.4 Å². The highest BCUT2D eigenvalue weighted by Crippen LogP contribution is 2.43. The van der Waals surface area contributed by atoms with Crippen LogP contribution < -0.4 is 4.74 Å². The maximum Gasteiger partial charge on any atom is 0.200 e. The molecule has 1 nitrogen and oxygen atoms in total. The van der Waals surface area contributed by atoms with Gasteiger partial charge < -0.3 is 4.74 Å². The molecule has 1 aliphatic carbocycles. The van der Waals surface area contributed by atoms with Crippen molar-refractivity contribution in [1.82, 2.24) is 0 Å². The van der Waals surface area contributed by atoms with Gasteiger partial charge in [-0.1, -0.05) is 30.4 Å². The fourth-order valence-electron chi connectivity index (χ4n) is 4.05. The van der Waals surface area contributed by atoms with Crippen molar-refractivity contribution in [3.63, 3.8) is 0 Å². The molecule has 2 aromatic carbocycles. The van der Waals surface area contributed by atoms with Crippen LogP contribution in [0.3, 0.4) is 0 Å². The molecule has 0 atom stereocenters. The Bertz CT molecular complexity index is 867. The van der Waals surface area contributed by atoms with Gasteiger partial charge in [0.15, 0.2) is 23.2 Å². The molecular weight excluding hydrogens is 368 g/mol. The molecule has 0 bridgehead atoms. The third-order valence-electron chi connectivity index (χ3n) is 5.47. The highest BCUT2D eigenvalue weighted by atomic mass is 19.2. The van der Waals surface area contributed by atoms with Crippen LogP contribution in [-0.4, -0.2) is 6.61 Å². The predicted molar refractivity (Wildman–Crippen MR) is 103 cm³/mol. The van der Waals surface area contributed by atoms with Crippen molar-refractivity contribution in [2.24, 2.45) is 0 Å². The van der Waals surface area contributed by atoms with Crippen molar-refractivity contribution in [1.29, 1.82) is 0 Å². The van der Waals surface area contributed by atoms with E-state index in [0.717, 1.165) is 0 Å². The summed E-state index contributed by atoms with van der Waals surface area (Å²) in [7, 11) is 0. The molecule has 2 aromatic rings.